The molecule has 0 spiro atoms. The van der Waals surface area contributed by atoms with Gasteiger partial charge in [-0.3, -0.25) is 4.79 Å². The maximum Gasteiger partial charge on any atom is 0.238 e. The van der Waals surface area contributed by atoms with Gasteiger partial charge >= 0.3 is 0 Å². The van der Waals surface area contributed by atoms with Crippen LogP contribution in [0.15, 0.2) is 48.5 Å². The number of fused-ring (bicyclic) bond motifs is 1. The van der Waals surface area contributed by atoms with Crippen LogP contribution in [0.3, 0.4) is 0 Å². The largest absolute Gasteiger partial charge is 0.394 e. The summed E-state index contributed by atoms with van der Waals surface area (Å²) in [6, 6.07) is 13.2. The Kier molecular flexibility index (Phi) is 5.18. The molecule has 1 N–H and O–H groups in total. The highest BCUT2D eigenvalue weighted by Gasteiger charge is 2.55. The summed E-state index contributed by atoms with van der Waals surface area (Å²) in [7, 11) is -3.47. The lowest BCUT2D eigenvalue weighted by molar-refractivity contribution is -0.158. The fourth-order valence-electron chi connectivity index (χ4n) is 4.44. The van der Waals surface area contributed by atoms with E-state index in [2.05, 4.69) is 0 Å². The number of hydrogen-bond donors (Lipinski definition) is 1. The number of benzene rings is 2. The molecule has 29 heavy (non-hydrogen) atoms. The average Bonchev–Trinajstić information content (AvgIpc) is 2.70. The van der Waals surface area contributed by atoms with E-state index in [0.29, 0.717) is 5.56 Å². The third-order valence-corrected chi connectivity index (χ3v) is 7.75. The first-order chi connectivity index (χ1) is 13.9. The van der Waals surface area contributed by atoms with E-state index in [-0.39, 0.29) is 55.2 Å². The molecule has 2 aliphatic heterocycles. The maximum atomic E-state index is 14.0. The minimum atomic E-state index is -3.47. The second-order valence-corrected chi connectivity index (χ2v) is 9.70. The van der Waals surface area contributed by atoms with Crippen LogP contribution in [0.1, 0.15) is 18.4 Å². The lowest BCUT2D eigenvalue weighted by Crippen LogP contribution is -2.73. The van der Waals surface area contributed by atoms with Crippen molar-refractivity contribution in [2.45, 2.75) is 24.9 Å². The van der Waals surface area contributed by atoms with Crippen molar-refractivity contribution in [3.63, 3.8) is 0 Å². The third-order valence-electron chi connectivity index (χ3n) is 5.96. The van der Waals surface area contributed by atoms with Gasteiger partial charge in [0.05, 0.1) is 31.0 Å². The van der Waals surface area contributed by atoms with Gasteiger partial charge in [-0.15, -0.1) is 0 Å². The van der Waals surface area contributed by atoms with Crippen molar-refractivity contribution in [1.82, 2.24) is 9.21 Å². The third kappa shape index (κ3) is 3.35. The van der Waals surface area contributed by atoms with E-state index in [9.17, 15) is 22.7 Å². The highest BCUT2D eigenvalue weighted by Crippen LogP contribution is 2.43. The van der Waals surface area contributed by atoms with Crippen LogP contribution in [-0.4, -0.2) is 66.2 Å². The predicted molar refractivity (Wildman–Crippen MR) is 107 cm³/mol. The molecule has 6 nitrogen and oxygen atoms in total. The van der Waals surface area contributed by atoms with Gasteiger partial charge in [-0.25, -0.2) is 12.8 Å². The lowest BCUT2D eigenvalue weighted by atomic mass is 9.74. The number of aliphatic hydroxyl groups excluding tert-OH is 1. The smallest absolute Gasteiger partial charge is 0.238 e. The van der Waals surface area contributed by atoms with Crippen LogP contribution in [0.4, 0.5) is 4.39 Å². The van der Waals surface area contributed by atoms with Crippen molar-refractivity contribution in [1.29, 1.82) is 0 Å². The van der Waals surface area contributed by atoms with Gasteiger partial charge in [0.15, 0.2) is 0 Å². The summed E-state index contributed by atoms with van der Waals surface area (Å²) in [4.78, 5) is 14.1. The average molecular weight is 418 g/mol. The second-order valence-electron chi connectivity index (χ2n) is 7.44. The molecule has 154 valence electrons. The van der Waals surface area contributed by atoms with Gasteiger partial charge in [-0.1, -0.05) is 42.5 Å². The molecule has 8 heteroatoms. The number of carbonyl (C=O) groups excluding carboxylic acids is 1. The summed E-state index contributed by atoms with van der Waals surface area (Å²) >= 11 is 0. The van der Waals surface area contributed by atoms with Crippen LogP contribution in [-0.2, 0) is 14.8 Å². The van der Waals surface area contributed by atoms with Crippen molar-refractivity contribution in [3.8, 4) is 11.1 Å². The number of rotatable bonds is 5. The molecule has 2 aromatic carbocycles. The van der Waals surface area contributed by atoms with Crippen LogP contribution in [0.5, 0.6) is 0 Å². The standard InChI is InChI=1S/C21H23FN2O4S/c1-2-29(27,28)23-11-18-21(19(13-25)24(18)20(26)12-23)15-9-7-14(8-10-15)16-5-3-4-6-17(16)22/h3-10,18-19,21,25H,2,11-13H2,1H3/t18-,19-,21+/m1/s1. The monoisotopic (exact) mass is 418 g/mol. The first-order valence-corrected chi connectivity index (χ1v) is 11.2. The van der Waals surface area contributed by atoms with Crippen LogP contribution in [0, 0.1) is 5.82 Å². The molecule has 0 unspecified atom stereocenters. The van der Waals surface area contributed by atoms with E-state index in [1.165, 1.54) is 10.4 Å². The molecule has 2 saturated heterocycles. The fourth-order valence-corrected chi connectivity index (χ4v) is 5.50. The minimum absolute atomic E-state index is 0.0571. The molecule has 2 aromatic rings. The van der Waals surface area contributed by atoms with Gasteiger partial charge in [-0.05, 0) is 24.1 Å². The summed E-state index contributed by atoms with van der Waals surface area (Å²) in [6.45, 7) is 1.41. The summed E-state index contributed by atoms with van der Waals surface area (Å²) in [5.41, 5.74) is 2.13. The Morgan fingerprint density at radius 1 is 1.14 bits per heavy atom. The van der Waals surface area contributed by atoms with Gasteiger partial charge in [0.1, 0.15) is 5.82 Å². The molecule has 4 rings (SSSR count). The van der Waals surface area contributed by atoms with Crippen LogP contribution >= 0.6 is 0 Å². The quantitative estimate of drug-likeness (QED) is 0.804. The van der Waals surface area contributed by atoms with Crippen molar-refractivity contribution in [3.05, 3.63) is 59.9 Å². The van der Waals surface area contributed by atoms with E-state index in [1.54, 1.807) is 30.0 Å². The molecule has 0 bridgehead atoms. The molecule has 0 aliphatic carbocycles. The van der Waals surface area contributed by atoms with Gasteiger partial charge in [0, 0.05) is 18.0 Å². The highest BCUT2D eigenvalue weighted by atomic mass is 32.2. The van der Waals surface area contributed by atoms with Gasteiger partial charge in [0.2, 0.25) is 15.9 Å². The molecule has 1 amide bonds. The first kappa shape index (κ1) is 20.0. The van der Waals surface area contributed by atoms with Crippen molar-refractivity contribution >= 4 is 15.9 Å². The Labute approximate surface area is 169 Å². The number of sulfonamides is 1. The number of hydrogen-bond acceptors (Lipinski definition) is 4. The Balaban J connectivity index is 1.62. The van der Waals surface area contributed by atoms with Crippen LogP contribution in [0.25, 0.3) is 11.1 Å². The number of piperazine rings is 1. The molecule has 2 aliphatic rings. The lowest BCUT2D eigenvalue weighted by Gasteiger charge is -2.58. The van der Waals surface area contributed by atoms with E-state index in [0.717, 1.165) is 11.1 Å². The number of amides is 1. The molecular formula is C21H23FN2O4S. The van der Waals surface area contributed by atoms with Crippen LogP contribution in [0.2, 0.25) is 0 Å². The minimum Gasteiger partial charge on any atom is -0.394 e. The number of aliphatic hydroxyl groups is 1. The molecule has 0 radical (unpaired) electrons. The summed E-state index contributed by atoms with van der Waals surface area (Å²) < 4.78 is 39.8. The zero-order chi connectivity index (χ0) is 20.8. The normalized spacial score (nSPS) is 24.9. The van der Waals surface area contributed by atoms with E-state index >= 15 is 0 Å². The molecule has 2 fully saturated rings. The Morgan fingerprint density at radius 2 is 1.83 bits per heavy atom. The summed E-state index contributed by atoms with van der Waals surface area (Å²) in [5.74, 6) is -0.815. The summed E-state index contributed by atoms with van der Waals surface area (Å²) in [6.07, 6.45) is 0. The first-order valence-electron chi connectivity index (χ1n) is 9.62. The number of carbonyl (C=O) groups is 1. The zero-order valence-electron chi connectivity index (χ0n) is 16.0. The molecule has 0 saturated carbocycles. The van der Waals surface area contributed by atoms with E-state index < -0.39 is 10.0 Å². The fraction of sp³-hybridized carbons (Fsp3) is 0.381. The van der Waals surface area contributed by atoms with Crippen LogP contribution < -0.4 is 0 Å². The van der Waals surface area contributed by atoms with Crippen molar-refractivity contribution < 1.29 is 22.7 Å². The molecule has 2 heterocycles. The van der Waals surface area contributed by atoms with Gasteiger partial charge in [-0.2, -0.15) is 4.31 Å². The van der Waals surface area contributed by atoms with Gasteiger partial charge < -0.3 is 10.0 Å². The SMILES string of the molecule is CCS(=O)(=O)N1CC(=O)N2[C@H](CO)[C@@H](c3ccc(-c4ccccc4F)cc3)[C@H]2C1. The Hall–Kier alpha value is -2.29. The predicted octanol–water partition coefficient (Wildman–Crippen LogP) is 1.81. The highest BCUT2D eigenvalue weighted by molar-refractivity contribution is 7.89. The number of halogens is 1. The Morgan fingerprint density at radius 3 is 2.45 bits per heavy atom. The number of nitrogens with zero attached hydrogens (tertiary/aromatic N) is 2. The van der Waals surface area contributed by atoms with Crippen molar-refractivity contribution in [2.24, 2.45) is 0 Å². The van der Waals surface area contributed by atoms with E-state index in [1.807, 2.05) is 24.3 Å². The second kappa shape index (κ2) is 7.51. The molecular weight excluding hydrogens is 395 g/mol. The maximum absolute atomic E-state index is 14.0. The molecule has 0 aromatic heterocycles. The zero-order valence-corrected chi connectivity index (χ0v) is 16.8. The Bertz CT molecular complexity index is 1030. The molecule has 3 atom stereocenters. The van der Waals surface area contributed by atoms with Gasteiger partial charge in [0.25, 0.3) is 0 Å². The topological polar surface area (TPSA) is 77.9 Å². The summed E-state index contributed by atoms with van der Waals surface area (Å²) in [5, 5.41) is 9.84. The van der Waals surface area contributed by atoms with E-state index in [4.69, 9.17) is 0 Å². The van der Waals surface area contributed by atoms with Crippen molar-refractivity contribution in [2.75, 3.05) is 25.4 Å².